The number of Topliss-reactive ketones (excluding diaryl/α,β-unsaturated/α-hetero) is 1. The molecule has 0 aromatic heterocycles. The van der Waals surface area contributed by atoms with E-state index in [-0.39, 0.29) is 11.7 Å². The lowest BCUT2D eigenvalue weighted by Gasteiger charge is -2.08. The van der Waals surface area contributed by atoms with E-state index >= 15 is 0 Å². The minimum atomic E-state index is -0.169. The molecular formula is C21H17NO2. The van der Waals surface area contributed by atoms with Crippen molar-refractivity contribution in [3.8, 4) is 0 Å². The van der Waals surface area contributed by atoms with Gasteiger partial charge in [-0.2, -0.15) is 0 Å². The predicted molar refractivity (Wildman–Crippen MR) is 93.7 cm³/mol. The van der Waals surface area contributed by atoms with Gasteiger partial charge in [0.05, 0.1) is 16.8 Å². The molecule has 2 aromatic carbocycles. The van der Waals surface area contributed by atoms with Crippen molar-refractivity contribution in [1.29, 1.82) is 0 Å². The molecule has 1 amide bonds. The lowest BCUT2D eigenvalue weighted by Crippen LogP contribution is -2.16. The largest absolute Gasteiger partial charge is 0.321 e. The Labute approximate surface area is 140 Å². The van der Waals surface area contributed by atoms with Gasteiger partial charge < -0.3 is 5.32 Å². The fraction of sp³-hybridized carbons (Fsp3) is 0.143. The average Bonchev–Trinajstić information content (AvgIpc) is 2.87. The molecule has 2 aromatic rings. The van der Waals surface area contributed by atoms with Gasteiger partial charge >= 0.3 is 0 Å². The van der Waals surface area contributed by atoms with Crippen molar-refractivity contribution >= 4 is 23.0 Å². The lowest BCUT2D eigenvalue weighted by molar-refractivity contribution is -0.117. The van der Waals surface area contributed by atoms with Gasteiger partial charge in [-0.3, -0.25) is 9.59 Å². The summed E-state index contributed by atoms with van der Waals surface area (Å²) >= 11 is 0. The number of nitrogens with one attached hydrogen (secondary N) is 1. The number of fused-ring (bicyclic) bond motifs is 1. The number of benzene rings is 2. The SMILES string of the molecule is O=C1CCCC(c2ccccc2)=C2C(=O)NC(c3ccccc3)=C12. The molecular weight excluding hydrogens is 298 g/mol. The first-order valence-electron chi connectivity index (χ1n) is 8.19. The number of hydrogen-bond acceptors (Lipinski definition) is 2. The van der Waals surface area contributed by atoms with E-state index in [1.807, 2.05) is 60.7 Å². The maximum atomic E-state index is 12.7. The number of amides is 1. The Bertz CT molecular complexity index is 877. The second kappa shape index (κ2) is 5.93. The van der Waals surface area contributed by atoms with E-state index in [9.17, 15) is 9.59 Å². The van der Waals surface area contributed by atoms with Gasteiger partial charge in [0.15, 0.2) is 5.78 Å². The highest BCUT2D eigenvalue weighted by Crippen LogP contribution is 2.39. The van der Waals surface area contributed by atoms with Crippen LogP contribution in [0.2, 0.25) is 0 Å². The highest BCUT2D eigenvalue weighted by molar-refractivity contribution is 6.26. The van der Waals surface area contributed by atoms with Gasteiger partial charge in [0.25, 0.3) is 5.91 Å². The van der Waals surface area contributed by atoms with Crippen LogP contribution in [0.3, 0.4) is 0 Å². The summed E-state index contributed by atoms with van der Waals surface area (Å²) in [5.74, 6) is -0.119. The van der Waals surface area contributed by atoms with Crippen molar-refractivity contribution in [2.24, 2.45) is 0 Å². The average molecular weight is 315 g/mol. The Morgan fingerprint density at radius 3 is 2.00 bits per heavy atom. The second-order valence-electron chi connectivity index (χ2n) is 6.07. The summed E-state index contributed by atoms with van der Waals surface area (Å²) < 4.78 is 0. The van der Waals surface area contributed by atoms with Crippen LogP contribution in [0.1, 0.15) is 30.4 Å². The van der Waals surface area contributed by atoms with E-state index in [0.717, 1.165) is 29.5 Å². The zero-order valence-corrected chi connectivity index (χ0v) is 13.2. The summed E-state index contributed by atoms with van der Waals surface area (Å²) in [5, 5.41) is 2.93. The third-order valence-corrected chi connectivity index (χ3v) is 4.56. The number of hydrogen-bond donors (Lipinski definition) is 1. The Balaban J connectivity index is 1.97. The molecule has 3 heteroatoms. The molecule has 1 aliphatic carbocycles. The molecule has 24 heavy (non-hydrogen) atoms. The molecule has 1 heterocycles. The van der Waals surface area contributed by atoms with Crippen LogP contribution >= 0.6 is 0 Å². The van der Waals surface area contributed by atoms with Crippen molar-refractivity contribution in [2.75, 3.05) is 0 Å². The summed E-state index contributed by atoms with van der Waals surface area (Å²) in [6.07, 6.45) is 1.98. The smallest absolute Gasteiger partial charge is 0.256 e. The van der Waals surface area contributed by atoms with E-state index in [1.54, 1.807) is 0 Å². The third kappa shape index (κ3) is 2.38. The molecule has 0 spiro atoms. The molecule has 0 saturated carbocycles. The van der Waals surface area contributed by atoms with Gasteiger partial charge in [0, 0.05) is 6.42 Å². The fourth-order valence-electron chi connectivity index (χ4n) is 3.47. The topological polar surface area (TPSA) is 46.2 Å². The molecule has 2 aliphatic rings. The van der Waals surface area contributed by atoms with Crippen LogP contribution in [0.15, 0.2) is 71.8 Å². The summed E-state index contributed by atoms with van der Waals surface area (Å²) in [4.78, 5) is 25.4. The molecule has 0 bridgehead atoms. The molecule has 1 N–H and O–H groups in total. The van der Waals surface area contributed by atoms with Crippen molar-refractivity contribution in [1.82, 2.24) is 5.32 Å². The van der Waals surface area contributed by atoms with Gasteiger partial charge in [-0.15, -0.1) is 0 Å². The van der Waals surface area contributed by atoms with Crippen molar-refractivity contribution in [3.05, 3.63) is 82.9 Å². The van der Waals surface area contributed by atoms with Gasteiger partial charge in [-0.05, 0) is 29.5 Å². The molecule has 0 unspecified atom stereocenters. The molecule has 0 atom stereocenters. The van der Waals surface area contributed by atoms with Crippen LogP contribution in [0.4, 0.5) is 0 Å². The number of rotatable bonds is 2. The first-order chi connectivity index (χ1) is 11.8. The lowest BCUT2D eigenvalue weighted by atomic mass is 9.93. The number of carbonyl (C=O) groups excluding carboxylic acids is 2. The van der Waals surface area contributed by atoms with E-state index < -0.39 is 0 Å². The van der Waals surface area contributed by atoms with Crippen molar-refractivity contribution < 1.29 is 9.59 Å². The Hall–Kier alpha value is -2.94. The molecule has 3 nitrogen and oxygen atoms in total. The summed E-state index contributed by atoms with van der Waals surface area (Å²) in [5.41, 5.74) is 4.63. The summed E-state index contributed by atoms with van der Waals surface area (Å²) in [6, 6.07) is 19.5. The second-order valence-corrected chi connectivity index (χ2v) is 6.07. The number of carbonyl (C=O) groups is 2. The molecule has 0 fully saturated rings. The Kier molecular flexibility index (Phi) is 3.62. The fourth-order valence-corrected chi connectivity index (χ4v) is 3.47. The maximum Gasteiger partial charge on any atom is 0.256 e. The minimum absolute atomic E-state index is 0.0492. The van der Waals surface area contributed by atoms with Gasteiger partial charge in [0.1, 0.15) is 0 Å². The van der Waals surface area contributed by atoms with E-state index in [1.165, 1.54) is 0 Å². The monoisotopic (exact) mass is 315 g/mol. The van der Waals surface area contributed by atoms with Crippen LogP contribution in [-0.4, -0.2) is 11.7 Å². The molecule has 118 valence electrons. The van der Waals surface area contributed by atoms with Gasteiger partial charge in [-0.25, -0.2) is 0 Å². The van der Waals surface area contributed by atoms with Crippen LogP contribution in [0.25, 0.3) is 11.3 Å². The first kappa shape index (κ1) is 14.6. The standard InChI is InChI=1S/C21H17NO2/c23-17-13-7-12-16(14-8-3-1-4-9-14)18-19(17)20(22-21(18)24)15-10-5-2-6-11-15/h1-6,8-11H,7,12-13H2,(H,22,24). The maximum absolute atomic E-state index is 12.7. The van der Waals surface area contributed by atoms with Crippen LogP contribution in [0, 0.1) is 0 Å². The number of allylic oxidation sites excluding steroid dienone is 1. The normalized spacial score (nSPS) is 17.7. The molecule has 0 radical (unpaired) electrons. The van der Waals surface area contributed by atoms with Gasteiger partial charge in [-0.1, -0.05) is 60.7 Å². The summed E-state index contributed by atoms with van der Waals surface area (Å²) in [7, 11) is 0. The van der Waals surface area contributed by atoms with E-state index in [2.05, 4.69) is 5.32 Å². The quantitative estimate of drug-likeness (QED) is 0.918. The highest BCUT2D eigenvalue weighted by Gasteiger charge is 2.36. The minimum Gasteiger partial charge on any atom is -0.321 e. The van der Waals surface area contributed by atoms with Crippen LogP contribution in [-0.2, 0) is 9.59 Å². The van der Waals surface area contributed by atoms with E-state index in [0.29, 0.717) is 23.3 Å². The van der Waals surface area contributed by atoms with Crippen molar-refractivity contribution in [3.63, 3.8) is 0 Å². The first-order valence-corrected chi connectivity index (χ1v) is 8.19. The molecule has 0 saturated heterocycles. The number of ketones is 1. The van der Waals surface area contributed by atoms with E-state index in [4.69, 9.17) is 0 Å². The Morgan fingerprint density at radius 2 is 1.33 bits per heavy atom. The van der Waals surface area contributed by atoms with Gasteiger partial charge in [0.2, 0.25) is 0 Å². The molecule has 4 rings (SSSR count). The summed E-state index contributed by atoms with van der Waals surface area (Å²) in [6.45, 7) is 0. The zero-order chi connectivity index (χ0) is 16.5. The predicted octanol–water partition coefficient (Wildman–Crippen LogP) is 3.73. The molecule has 1 aliphatic heterocycles. The Morgan fingerprint density at radius 1 is 0.708 bits per heavy atom. The third-order valence-electron chi connectivity index (χ3n) is 4.56. The van der Waals surface area contributed by atoms with Crippen LogP contribution < -0.4 is 5.32 Å². The zero-order valence-electron chi connectivity index (χ0n) is 13.2. The van der Waals surface area contributed by atoms with Crippen LogP contribution in [0.5, 0.6) is 0 Å². The highest BCUT2D eigenvalue weighted by atomic mass is 16.2. The van der Waals surface area contributed by atoms with Crippen molar-refractivity contribution in [2.45, 2.75) is 19.3 Å².